The number of carbonyl (C=O) groups is 1. The van der Waals surface area contributed by atoms with Crippen LogP contribution in [0.25, 0.3) is 6.08 Å². The lowest BCUT2D eigenvalue weighted by Gasteiger charge is -2.14. The molecular weight excluding hydrogens is 399 g/mol. The Morgan fingerprint density at radius 2 is 1.77 bits per heavy atom. The standard InChI is InChI=1S/C22H24F3NO4/c1-4-28-20-13-16(5-11-19(20)29-14-15(2)3)6-12-21(27)26-17-7-9-18(10-8-17)30-22(23,24)25/h5-13,15H,4,14H2,1-3H3,(H,26,27)/b12-6+. The first-order valence-electron chi connectivity index (χ1n) is 9.41. The predicted molar refractivity (Wildman–Crippen MR) is 109 cm³/mol. The molecule has 30 heavy (non-hydrogen) atoms. The van der Waals surface area contributed by atoms with Gasteiger partial charge >= 0.3 is 6.36 Å². The van der Waals surface area contributed by atoms with Gasteiger partial charge in [-0.3, -0.25) is 4.79 Å². The summed E-state index contributed by atoms with van der Waals surface area (Å²) < 4.78 is 51.7. The Morgan fingerprint density at radius 1 is 1.07 bits per heavy atom. The van der Waals surface area contributed by atoms with E-state index in [1.807, 2.05) is 20.8 Å². The minimum Gasteiger partial charge on any atom is -0.490 e. The van der Waals surface area contributed by atoms with Crippen molar-refractivity contribution >= 4 is 17.7 Å². The van der Waals surface area contributed by atoms with Gasteiger partial charge in [-0.1, -0.05) is 19.9 Å². The van der Waals surface area contributed by atoms with E-state index in [9.17, 15) is 18.0 Å². The van der Waals surface area contributed by atoms with Crippen LogP contribution in [0, 0.1) is 5.92 Å². The third-order valence-corrected chi connectivity index (χ3v) is 3.62. The van der Waals surface area contributed by atoms with Crippen LogP contribution in [0.2, 0.25) is 0 Å². The number of halogens is 3. The zero-order valence-electron chi connectivity index (χ0n) is 17.0. The maximum atomic E-state index is 12.2. The molecule has 0 spiro atoms. The molecule has 1 N–H and O–H groups in total. The first kappa shape index (κ1) is 23.1. The molecule has 0 radical (unpaired) electrons. The van der Waals surface area contributed by atoms with Gasteiger partial charge in [0.1, 0.15) is 5.75 Å². The number of amides is 1. The van der Waals surface area contributed by atoms with Crippen molar-refractivity contribution in [2.75, 3.05) is 18.5 Å². The molecule has 5 nitrogen and oxygen atoms in total. The average Bonchev–Trinajstić information content (AvgIpc) is 2.66. The van der Waals surface area contributed by atoms with Gasteiger partial charge in [0.05, 0.1) is 13.2 Å². The molecule has 0 unspecified atom stereocenters. The molecule has 8 heteroatoms. The molecular formula is C22H24F3NO4. The summed E-state index contributed by atoms with van der Waals surface area (Å²) in [6, 6.07) is 10.2. The third kappa shape index (κ3) is 8.06. The van der Waals surface area contributed by atoms with Crippen molar-refractivity contribution in [1.29, 1.82) is 0 Å². The van der Waals surface area contributed by atoms with E-state index in [-0.39, 0.29) is 5.75 Å². The lowest BCUT2D eigenvalue weighted by molar-refractivity contribution is -0.274. The van der Waals surface area contributed by atoms with Gasteiger partial charge in [-0.25, -0.2) is 0 Å². The van der Waals surface area contributed by atoms with Crippen molar-refractivity contribution in [3.05, 3.63) is 54.1 Å². The molecule has 0 aliphatic carbocycles. The minimum absolute atomic E-state index is 0.339. The summed E-state index contributed by atoms with van der Waals surface area (Å²) in [5, 5.41) is 2.57. The summed E-state index contributed by atoms with van der Waals surface area (Å²) in [5.74, 6) is 0.794. The Balaban J connectivity index is 2.00. The molecule has 0 fully saturated rings. The van der Waals surface area contributed by atoms with E-state index in [1.54, 1.807) is 24.3 Å². The van der Waals surface area contributed by atoms with Crippen LogP contribution in [0.4, 0.5) is 18.9 Å². The fourth-order valence-electron chi connectivity index (χ4n) is 2.37. The highest BCUT2D eigenvalue weighted by atomic mass is 19.4. The van der Waals surface area contributed by atoms with Gasteiger partial charge in [-0.15, -0.1) is 13.2 Å². The first-order valence-corrected chi connectivity index (χ1v) is 9.41. The summed E-state index contributed by atoms with van der Waals surface area (Å²) >= 11 is 0. The number of nitrogens with one attached hydrogen (secondary N) is 1. The molecule has 2 aromatic rings. The summed E-state index contributed by atoms with van der Waals surface area (Å²) in [5.41, 5.74) is 1.08. The maximum Gasteiger partial charge on any atom is 0.573 e. The Labute approximate surface area is 173 Å². The van der Waals surface area contributed by atoms with Gasteiger partial charge in [0.15, 0.2) is 11.5 Å². The van der Waals surface area contributed by atoms with Gasteiger partial charge < -0.3 is 19.5 Å². The zero-order chi connectivity index (χ0) is 22.1. The number of anilines is 1. The highest BCUT2D eigenvalue weighted by molar-refractivity contribution is 6.01. The van der Waals surface area contributed by atoms with E-state index in [2.05, 4.69) is 10.1 Å². The van der Waals surface area contributed by atoms with Crippen LogP contribution in [0.3, 0.4) is 0 Å². The molecule has 2 rings (SSSR count). The number of carbonyl (C=O) groups excluding carboxylic acids is 1. The summed E-state index contributed by atoms with van der Waals surface area (Å²) in [7, 11) is 0. The van der Waals surface area contributed by atoms with E-state index in [1.165, 1.54) is 18.2 Å². The number of hydrogen-bond acceptors (Lipinski definition) is 4. The predicted octanol–water partition coefficient (Wildman–Crippen LogP) is 5.67. The van der Waals surface area contributed by atoms with Crippen LogP contribution < -0.4 is 19.5 Å². The number of ether oxygens (including phenoxy) is 3. The Hall–Kier alpha value is -3.16. The summed E-state index contributed by atoms with van der Waals surface area (Å²) in [4.78, 5) is 12.1. The molecule has 0 saturated heterocycles. The van der Waals surface area contributed by atoms with Crippen LogP contribution >= 0.6 is 0 Å². The van der Waals surface area contributed by atoms with E-state index in [0.717, 1.165) is 17.7 Å². The molecule has 0 aliphatic heterocycles. The Kier molecular flexibility index (Phi) is 8.15. The van der Waals surface area contributed by atoms with Gasteiger partial charge in [-0.05, 0) is 60.9 Å². The van der Waals surface area contributed by atoms with Gasteiger partial charge in [0, 0.05) is 11.8 Å². The monoisotopic (exact) mass is 423 g/mol. The molecule has 0 saturated carbocycles. The average molecular weight is 423 g/mol. The van der Waals surface area contributed by atoms with Crippen LogP contribution in [0.5, 0.6) is 17.2 Å². The van der Waals surface area contributed by atoms with Gasteiger partial charge in [0.2, 0.25) is 5.91 Å². The topological polar surface area (TPSA) is 56.8 Å². The molecule has 0 aliphatic rings. The maximum absolute atomic E-state index is 12.2. The van der Waals surface area contributed by atoms with E-state index < -0.39 is 12.3 Å². The fraction of sp³-hybridized carbons (Fsp3) is 0.318. The lowest BCUT2D eigenvalue weighted by Crippen LogP contribution is -2.17. The van der Waals surface area contributed by atoms with Crippen molar-refractivity contribution in [3.8, 4) is 17.2 Å². The second kappa shape index (κ2) is 10.6. The number of rotatable bonds is 9. The lowest BCUT2D eigenvalue weighted by atomic mass is 10.2. The highest BCUT2D eigenvalue weighted by Crippen LogP contribution is 2.29. The second-order valence-corrected chi connectivity index (χ2v) is 6.74. The van der Waals surface area contributed by atoms with E-state index in [4.69, 9.17) is 9.47 Å². The number of benzene rings is 2. The molecule has 0 bridgehead atoms. The molecule has 2 aromatic carbocycles. The fourth-order valence-corrected chi connectivity index (χ4v) is 2.37. The zero-order valence-corrected chi connectivity index (χ0v) is 17.0. The SMILES string of the molecule is CCOc1cc(/C=C/C(=O)Nc2ccc(OC(F)(F)F)cc2)ccc1OCC(C)C. The van der Waals surface area contributed by atoms with Crippen molar-refractivity contribution < 1.29 is 32.2 Å². The van der Waals surface area contributed by atoms with Crippen LogP contribution in [0.15, 0.2) is 48.5 Å². The van der Waals surface area contributed by atoms with Crippen LogP contribution in [0.1, 0.15) is 26.3 Å². The largest absolute Gasteiger partial charge is 0.573 e. The van der Waals surface area contributed by atoms with Crippen molar-refractivity contribution in [3.63, 3.8) is 0 Å². The second-order valence-electron chi connectivity index (χ2n) is 6.74. The summed E-state index contributed by atoms with van der Waals surface area (Å²) in [6.07, 6.45) is -1.84. The molecule has 0 heterocycles. The molecule has 162 valence electrons. The van der Waals surface area contributed by atoms with Crippen LogP contribution in [-0.2, 0) is 4.79 Å². The summed E-state index contributed by atoms with van der Waals surface area (Å²) in [6.45, 7) is 7.00. The van der Waals surface area contributed by atoms with Crippen molar-refractivity contribution in [2.45, 2.75) is 27.1 Å². The van der Waals surface area contributed by atoms with Gasteiger partial charge in [0.25, 0.3) is 0 Å². The van der Waals surface area contributed by atoms with Crippen LogP contribution in [-0.4, -0.2) is 25.5 Å². The minimum atomic E-state index is -4.76. The number of hydrogen-bond donors (Lipinski definition) is 1. The van der Waals surface area contributed by atoms with Crippen molar-refractivity contribution in [2.24, 2.45) is 5.92 Å². The normalized spacial score (nSPS) is 11.6. The Bertz CT molecular complexity index is 862. The molecule has 0 aromatic heterocycles. The smallest absolute Gasteiger partial charge is 0.490 e. The van der Waals surface area contributed by atoms with E-state index >= 15 is 0 Å². The first-order chi connectivity index (χ1) is 14.2. The van der Waals surface area contributed by atoms with E-state index in [0.29, 0.717) is 36.3 Å². The molecule has 1 amide bonds. The third-order valence-electron chi connectivity index (χ3n) is 3.62. The number of alkyl halides is 3. The van der Waals surface area contributed by atoms with Crippen molar-refractivity contribution in [1.82, 2.24) is 0 Å². The quantitative estimate of drug-likeness (QED) is 0.528. The Morgan fingerprint density at radius 3 is 2.37 bits per heavy atom. The molecule has 0 atom stereocenters. The van der Waals surface area contributed by atoms with Gasteiger partial charge in [-0.2, -0.15) is 0 Å². The highest BCUT2D eigenvalue weighted by Gasteiger charge is 2.30.